The molecule has 2 N–H and O–H groups in total. The van der Waals surface area contributed by atoms with E-state index in [9.17, 15) is 0 Å². The lowest BCUT2D eigenvalue weighted by Crippen LogP contribution is -2.55. The van der Waals surface area contributed by atoms with E-state index in [0.717, 1.165) is 43.4 Å². The second kappa shape index (κ2) is 6.64. The summed E-state index contributed by atoms with van der Waals surface area (Å²) in [6.45, 7) is 7.67. The summed E-state index contributed by atoms with van der Waals surface area (Å²) in [5, 5.41) is 0. The number of ether oxygens (including phenoxy) is 3. The molecule has 1 heterocycles. The van der Waals surface area contributed by atoms with Crippen molar-refractivity contribution in [3.8, 4) is 11.5 Å². The molecule has 0 amide bonds. The minimum absolute atomic E-state index is 0.156. The van der Waals surface area contributed by atoms with Crippen LogP contribution in [0.25, 0.3) is 0 Å². The first-order chi connectivity index (χ1) is 10.0. The molecule has 0 radical (unpaired) electrons. The SMILES string of the molecule is COc1ccc(C(N)C(C)(C)N2CCOCC2)c(OC)c1. The predicted molar refractivity (Wildman–Crippen MR) is 82.9 cm³/mol. The third-order valence-corrected chi connectivity index (χ3v) is 4.36. The molecule has 5 nitrogen and oxygen atoms in total. The summed E-state index contributed by atoms with van der Waals surface area (Å²) in [5.74, 6) is 1.54. The lowest BCUT2D eigenvalue weighted by molar-refractivity contribution is -0.0192. The minimum Gasteiger partial charge on any atom is -0.497 e. The maximum absolute atomic E-state index is 6.57. The van der Waals surface area contributed by atoms with Crippen molar-refractivity contribution in [3.05, 3.63) is 23.8 Å². The van der Waals surface area contributed by atoms with Crippen molar-refractivity contribution < 1.29 is 14.2 Å². The fourth-order valence-corrected chi connectivity index (χ4v) is 2.79. The van der Waals surface area contributed by atoms with Crippen LogP contribution in [0.15, 0.2) is 18.2 Å². The molecule has 1 saturated heterocycles. The zero-order chi connectivity index (χ0) is 15.5. The molecule has 118 valence electrons. The summed E-state index contributed by atoms with van der Waals surface area (Å²) in [7, 11) is 3.30. The molecule has 1 aliphatic heterocycles. The Kier molecular flexibility index (Phi) is 5.08. The van der Waals surface area contributed by atoms with E-state index in [2.05, 4.69) is 18.7 Å². The van der Waals surface area contributed by atoms with Crippen molar-refractivity contribution in [1.82, 2.24) is 4.90 Å². The number of nitrogens with two attached hydrogens (primary N) is 1. The summed E-state index contributed by atoms with van der Waals surface area (Å²) < 4.78 is 16.2. The molecule has 5 heteroatoms. The number of hydrogen-bond donors (Lipinski definition) is 1. The molecule has 1 unspecified atom stereocenters. The van der Waals surface area contributed by atoms with E-state index in [-0.39, 0.29) is 11.6 Å². The van der Waals surface area contributed by atoms with Gasteiger partial charge in [-0.3, -0.25) is 4.90 Å². The minimum atomic E-state index is -0.175. The summed E-state index contributed by atoms with van der Waals surface area (Å²) >= 11 is 0. The quantitative estimate of drug-likeness (QED) is 0.897. The number of methoxy groups -OCH3 is 2. The molecule has 0 aromatic heterocycles. The molecule has 1 atom stereocenters. The van der Waals surface area contributed by atoms with Crippen LogP contribution in [0.1, 0.15) is 25.5 Å². The van der Waals surface area contributed by atoms with E-state index in [1.54, 1.807) is 14.2 Å². The van der Waals surface area contributed by atoms with Gasteiger partial charge in [0.1, 0.15) is 11.5 Å². The van der Waals surface area contributed by atoms with E-state index >= 15 is 0 Å². The molecule has 2 rings (SSSR count). The molecular weight excluding hydrogens is 268 g/mol. The van der Waals surface area contributed by atoms with Crippen molar-refractivity contribution >= 4 is 0 Å². The van der Waals surface area contributed by atoms with E-state index in [4.69, 9.17) is 19.9 Å². The molecule has 1 aromatic rings. The Morgan fingerprint density at radius 1 is 1.19 bits per heavy atom. The normalized spacial score (nSPS) is 18.3. The molecule has 21 heavy (non-hydrogen) atoms. The van der Waals surface area contributed by atoms with Gasteiger partial charge in [0.05, 0.1) is 33.5 Å². The van der Waals surface area contributed by atoms with Crippen molar-refractivity contribution in [2.75, 3.05) is 40.5 Å². The van der Waals surface area contributed by atoms with Gasteiger partial charge in [-0.05, 0) is 19.9 Å². The zero-order valence-corrected chi connectivity index (χ0v) is 13.4. The lowest BCUT2D eigenvalue weighted by atomic mass is 9.86. The average Bonchev–Trinajstić information content (AvgIpc) is 2.54. The van der Waals surface area contributed by atoms with Crippen LogP contribution < -0.4 is 15.2 Å². The first kappa shape index (κ1) is 16.1. The summed E-state index contributed by atoms with van der Waals surface area (Å²) in [6, 6.07) is 5.64. The molecule has 0 saturated carbocycles. The molecule has 1 aromatic carbocycles. The van der Waals surface area contributed by atoms with Crippen LogP contribution in [0.5, 0.6) is 11.5 Å². The van der Waals surface area contributed by atoms with Crippen LogP contribution in [-0.4, -0.2) is 51.0 Å². The van der Waals surface area contributed by atoms with Gasteiger partial charge in [0.25, 0.3) is 0 Å². The van der Waals surface area contributed by atoms with Crippen LogP contribution in [0, 0.1) is 0 Å². The monoisotopic (exact) mass is 294 g/mol. The summed E-state index contributed by atoms with van der Waals surface area (Å²) in [6.07, 6.45) is 0. The van der Waals surface area contributed by atoms with E-state index in [1.165, 1.54) is 0 Å². The first-order valence-corrected chi connectivity index (χ1v) is 7.31. The summed E-state index contributed by atoms with van der Waals surface area (Å²) in [5.41, 5.74) is 7.39. The number of hydrogen-bond acceptors (Lipinski definition) is 5. The molecule has 0 bridgehead atoms. The predicted octanol–water partition coefficient (Wildman–Crippen LogP) is 1.81. The maximum atomic E-state index is 6.57. The Morgan fingerprint density at radius 3 is 2.43 bits per heavy atom. The highest BCUT2D eigenvalue weighted by Crippen LogP contribution is 2.36. The van der Waals surface area contributed by atoms with Crippen LogP contribution in [0.2, 0.25) is 0 Å². The van der Waals surface area contributed by atoms with E-state index < -0.39 is 0 Å². The van der Waals surface area contributed by atoms with Gasteiger partial charge in [-0.25, -0.2) is 0 Å². The lowest BCUT2D eigenvalue weighted by Gasteiger charge is -2.44. The van der Waals surface area contributed by atoms with Gasteiger partial charge < -0.3 is 19.9 Å². The number of rotatable bonds is 5. The van der Waals surface area contributed by atoms with Crippen molar-refractivity contribution in [1.29, 1.82) is 0 Å². The Hall–Kier alpha value is -1.30. The summed E-state index contributed by atoms with van der Waals surface area (Å²) in [4.78, 5) is 2.38. The second-order valence-electron chi connectivity index (χ2n) is 5.84. The fourth-order valence-electron chi connectivity index (χ4n) is 2.79. The Morgan fingerprint density at radius 2 is 1.86 bits per heavy atom. The van der Waals surface area contributed by atoms with Gasteiger partial charge in [-0.1, -0.05) is 6.07 Å². The van der Waals surface area contributed by atoms with Gasteiger partial charge >= 0.3 is 0 Å². The third-order valence-electron chi connectivity index (χ3n) is 4.36. The molecule has 0 aliphatic carbocycles. The van der Waals surface area contributed by atoms with Crippen LogP contribution in [-0.2, 0) is 4.74 Å². The maximum Gasteiger partial charge on any atom is 0.127 e. The highest BCUT2D eigenvalue weighted by Gasteiger charge is 2.36. The number of nitrogens with zero attached hydrogens (tertiary/aromatic N) is 1. The van der Waals surface area contributed by atoms with Crippen molar-refractivity contribution in [2.24, 2.45) is 5.73 Å². The Bertz CT molecular complexity index is 471. The first-order valence-electron chi connectivity index (χ1n) is 7.31. The van der Waals surface area contributed by atoms with Gasteiger partial charge in [-0.15, -0.1) is 0 Å². The standard InChI is InChI=1S/C16H26N2O3/c1-16(2,18-7-9-21-10-8-18)15(17)13-6-5-12(19-3)11-14(13)20-4/h5-6,11,15H,7-10,17H2,1-4H3. The van der Waals surface area contributed by atoms with Crippen LogP contribution >= 0.6 is 0 Å². The van der Waals surface area contributed by atoms with Gasteiger partial charge in [0, 0.05) is 30.3 Å². The Labute approximate surface area is 127 Å². The van der Waals surface area contributed by atoms with E-state index in [0.29, 0.717) is 0 Å². The Balaban J connectivity index is 2.27. The molecular formula is C16H26N2O3. The fraction of sp³-hybridized carbons (Fsp3) is 0.625. The number of morpholine rings is 1. The van der Waals surface area contributed by atoms with Crippen LogP contribution in [0.4, 0.5) is 0 Å². The van der Waals surface area contributed by atoms with Gasteiger partial charge in [-0.2, -0.15) is 0 Å². The number of benzene rings is 1. The largest absolute Gasteiger partial charge is 0.497 e. The van der Waals surface area contributed by atoms with Crippen molar-refractivity contribution in [2.45, 2.75) is 25.4 Å². The van der Waals surface area contributed by atoms with Gasteiger partial charge in [0.15, 0.2) is 0 Å². The van der Waals surface area contributed by atoms with Crippen molar-refractivity contribution in [3.63, 3.8) is 0 Å². The topological polar surface area (TPSA) is 57.0 Å². The molecule has 1 fully saturated rings. The zero-order valence-electron chi connectivity index (χ0n) is 13.4. The highest BCUT2D eigenvalue weighted by molar-refractivity contribution is 5.43. The van der Waals surface area contributed by atoms with Gasteiger partial charge in [0.2, 0.25) is 0 Å². The average molecular weight is 294 g/mol. The van der Waals surface area contributed by atoms with Crippen LogP contribution in [0.3, 0.4) is 0 Å². The van der Waals surface area contributed by atoms with E-state index in [1.807, 2.05) is 18.2 Å². The molecule has 0 spiro atoms. The second-order valence-corrected chi connectivity index (χ2v) is 5.84. The highest BCUT2D eigenvalue weighted by atomic mass is 16.5. The molecule has 1 aliphatic rings. The smallest absolute Gasteiger partial charge is 0.127 e. The third kappa shape index (κ3) is 3.31.